The molecule has 2 aromatic heterocycles. The number of aromatic nitrogens is 2. The number of fused-ring (bicyclic) bond motifs is 1. The van der Waals surface area contributed by atoms with E-state index in [9.17, 15) is 0 Å². The summed E-state index contributed by atoms with van der Waals surface area (Å²) >= 11 is 0. The van der Waals surface area contributed by atoms with Crippen molar-refractivity contribution in [2.45, 2.75) is 59.9 Å². The first-order valence-electron chi connectivity index (χ1n) is 9.48. The van der Waals surface area contributed by atoms with Crippen molar-refractivity contribution in [2.75, 3.05) is 12.4 Å². The maximum atomic E-state index is 5.12. The van der Waals surface area contributed by atoms with Gasteiger partial charge in [0.2, 0.25) is 0 Å². The number of aryl methyl sites for hydroxylation is 1. The van der Waals surface area contributed by atoms with Crippen molar-refractivity contribution < 1.29 is 0 Å². The molecule has 2 aromatic rings. The number of rotatable bonds is 4. The predicted octanol–water partition coefficient (Wildman–Crippen LogP) is 5.56. The van der Waals surface area contributed by atoms with Crippen LogP contribution in [-0.4, -0.2) is 22.3 Å². The van der Waals surface area contributed by atoms with Gasteiger partial charge in [-0.2, -0.15) is 0 Å². The third kappa shape index (κ3) is 3.20. The highest BCUT2D eigenvalue weighted by Gasteiger charge is 2.21. The molecule has 26 heavy (non-hydrogen) atoms. The Balaban J connectivity index is 2.18. The molecule has 138 valence electrons. The Kier molecular flexibility index (Phi) is 5.03. The van der Waals surface area contributed by atoms with Gasteiger partial charge in [0.1, 0.15) is 5.82 Å². The van der Waals surface area contributed by atoms with Crippen LogP contribution >= 0.6 is 0 Å². The zero-order chi connectivity index (χ0) is 19.0. The molecule has 4 nitrogen and oxygen atoms in total. The van der Waals surface area contributed by atoms with E-state index in [1.807, 2.05) is 7.05 Å². The number of pyridine rings is 1. The second-order valence-corrected chi connectivity index (χ2v) is 7.70. The second kappa shape index (κ2) is 7.10. The maximum absolute atomic E-state index is 5.12. The molecule has 0 amide bonds. The molecule has 0 saturated carbocycles. The maximum Gasteiger partial charge on any atom is 0.135 e. The summed E-state index contributed by atoms with van der Waals surface area (Å²) in [7, 11) is 1.93. The number of nitrogens with zero attached hydrogens (tertiary/aromatic N) is 3. The molecule has 0 aromatic carbocycles. The van der Waals surface area contributed by atoms with Gasteiger partial charge in [0.05, 0.1) is 11.4 Å². The number of anilines is 1. The van der Waals surface area contributed by atoms with Crippen LogP contribution < -0.4 is 5.32 Å². The van der Waals surface area contributed by atoms with Gasteiger partial charge in [0, 0.05) is 42.7 Å². The van der Waals surface area contributed by atoms with Gasteiger partial charge in [-0.05, 0) is 56.9 Å². The van der Waals surface area contributed by atoms with Crippen LogP contribution in [0.5, 0.6) is 0 Å². The first-order valence-corrected chi connectivity index (χ1v) is 9.48. The first-order chi connectivity index (χ1) is 12.3. The van der Waals surface area contributed by atoms with Crippen LogP contribution in [0.2, 0.25) is 0 Å². The van der Waals surface area contributed by atoms with E-state index in [1.165, 1.54) is 16.8 Å². The van der Waals surface area contributed by atoms with E-state index in [0.29, 0.717) is 12.0 Å². The lowest BCUT2D eigenvalue weighted by Crippen LogP contribution is -2.10. The van der Waals surface area contributed by atoms with E-state index in [1.54, 1.807) is 0 Å². The average Bonchev–Trinajstić information content (AvgIpc) is 2.82. The van der Waals surface area contributed by atoms with E-state index in [0.717, 1.165) is 34.9 Å². The Labute approximate surface area is 157 Å². The molecule has 3 rings (SSSR count). The standard InChI is InChI=1S/C22H30N4/c1-13(2)18-10-9-17(22(23-7)24-18)20-15(5)8-11-19-21(25-20)16(6)12-26(19)14(3)4/h8-10,12-14H,11H2,1-7H3,(H,23,24). The summed E-state index contributed by atoms with van der Waals surface area (Å²) in [6.45, 7) is 13.1. The van der Waals surface area contributed by atoms with Gasteiger partial charge in [0.15, 0.2) is 0 Å². The van der Waals surface area contributed by atoms with Crippen LogP contribution in [0.15, 0.2) is 35.0 Å². The van der Waals surface area contributed by atoms with Crippen molar-refractivity contribution in [1.82, 2.24) is 9.55 Å². The van der Waals surface area contributed by atoms with Crippen molar-refractivity contribution in [2.24, 2.45) is 4.99 Å². The Morgan fingerprint density at radius 2 is 1.85 bits per heavy atom. The SMILES string of the molecule is CNc1nc(C(C)C)ccc1C1=Nc2c(C)cn(C(C)C)c2CC=C1C. The van der Waals surface area contributed by atoms with Gasteiger partial charge in [-0.25, -0.2) is 9.98 Å². The van der Waals surface area contributed by atoms with Crippen LogP contribution in [0, 0.1) is 6.92 Å². The predicted molar refractivity (Wildman–Crippen MR) is 111 cm³/mol. The normalized spacial score (nSPS) is 14.2. The van der Waals surface area contributed by atoms with Gasteiger partial charge < -0.3 is 9.88 Å². The lowest BCUT2D eigenvalue weighted by Gasteiger charge is -2.14. The lowest BCUT2D eigenvalue weighted by molar-refractivity contribution is 0.583. The van der Waals surface area contributed by atoms with Crippen molar-refractivity contribution >= 4 is 17.2 Å². The Bertz CT molecular complexity index is 882. The number of aliphatic imine (C=N–C) groups is 1. The fraction of sp³-hybridized carbons (Fsp3) is 0.455. The van der Waals surface area contributed by atoms with E-state index >= 15 is 0 Å². The molecular formula is C22H30N4. The van der Waals surface area contributed by atoms with Gasteiger partial charge in [-0.1, -0.05) is 19.9 Å². The van der Waals surface area contributed by atoms with Crippen LogP contribution in [0.3, 0.4) is 0 Å². The second-order valence-electron chi connectivity index (χ2n) is 7.70. The molecule has 3 heterocycles. The highest BCUT2D eigenvalue weighted by atomic mass is 15.0. The molecule has 4 heteroatoms. The lowest BCUT2D eigenvalue weighted by atomic mass is 10.0. The summed E-state index contributed by atoms with van der Waals surface area (Å²) in [5.41, 5.74) is 8.01. The van der Waals surface area contributed by atoms with E-state index in [2.05, 4.69) is 75.8 Å². The molecule has 0 bridgehead atoms. The summed E-state index contributed by atoms with van der Waals surface area (Å²) in [5.74, 6) is 1.30. The van der Waals surface area contributed by atoms with E-state index in [4.69, 9.17) is 9.98 Å². The zero-order valence-corrected chi connectivity index (χ0v) is 17.0. The molecule has 0 atom stereocenters. The van der Waals surface area contributed by atoms with Crippen molar-refractivity contribution in [3.8, 4) is 0 Å². The van der Waals surface area contributed by atoms with Crippen LogP contribution in [0.1, 0.15) is 69.1 Å². The fourth-order valence-electron chi connectivity index (χ4n) is 3.51. The van der Waals surface area contributed by atoms with Crippen molar-refractivity contribution in [3.63, 3.8) is 0 Å². The Morgan fingerprint density at radius 1 is 1.12 bits per heavy atom. The molecule has 0 aliphatic carbocycles. The molecule has 0 unspecified atom stereocenters. The van der Waals surface area contributed by atoms with E-state index in [-0.39, 0.29) is 0 Å². The molecular weight excluding hydrogens is 320 g/mol. The van der Waals surface area contributed by atoms with Gasteiger partial charge in [0.25, 0.3) is 0 Å². The minimum absolute atomic E-state index is 0.401. The van der Waals surface area contributed by atoms with Gasteiger partial charge >= 0.3 is 0 Å². The summed E-state index contributed by atoms with van der Waals surface area (Å²) < 4.78 is 2.35. The number of hydrogen-bond donors (Lipinski definition) is 1. The molecule has 1 aliphatic heterocycles. The van der Waals surface area contributed by atoms with Crippen molar-refractivity contribution in [1.29, 1.82) is 0 Å². The minimum atomic E-state index is 0.401. The van der Waals surface area contributed by atoms with E-state index < -0.39 is 0 Å². The molecule has 1 N–H and O–H groups in total. The summed E-state index contributed by atoms with van der Waals surface area (Å²) in [6, 6.07) is 4.71. The average molecular weight is 351 g/mol. The third-order valence-corrected chi connectivity index (χ3v) is 5.05. The van der Waals surface area contributed by atoms with Gasteiger partial charge in [-0.15, -0.1) is 0 Å². The van der Waals surface area contributed by atoms with Gasteiger partial charge in [-0.3, -0.25) is 0 Å². The molecule has 1 aliphatic rings. The fourth-order valence-corrected chi connectivity index (χ4v) is 3.51. The number of hydrogen-bond acceptors (Lipinski definition) is 3. The highest BCUT2D eigenvalue weighted by molar-refractivity contribution is 6.16. The Morgan fingerprint density at radius 3 is 2.46 bits per heavy atom. The number of nitrogens with one attached hydrogen (secondary N) is 1. The van der Waals surface area contributed by atoms with Crippen LogP contribution in [0.4, 0.5) is 11.5 Å². The Hall–Kier alpha value is -2.36. The monoisotopic (exact) mass is 350 g/mol. The topological polar surface area (TPSA) is 42.2 Å². The third-order valence-electron chi connectivity index (χ3n) is 5.05. The summed E-state index contributed by atoms with van der Waals surface area (Å²) in [5, 5.41) is 3.27. The minimum Gasteiger partial charge on any atom is -0.373 e. The smallest absolute Gasteiger partial charge is 0.135 e. The first kappa shape index (κ1) is 18.4. The zero-order valence-electron chi connectivity index (χ0n) is 17.0. The molecule has 0 radical (unpaired) electrons. The number of allylic oxidation sites excluding steroid dienone is 2. The molecule has 0 spiro atoms. The van der Waals surface area contributed by atoms with Crippen LogP contribution in [0.25, 0.3) is 0 Å². The molecule has 0 saturated heterocycles. The van der Waals surface area contributed by atoms with Crippen molar-refractivity contribution in [3.05, 3.63) is 52.5 Å². The summed E-state index contributed by atoms with van der Waals surface area (Å²) in [6.07, 6.45) is 5.43. The largest absolute Gasteiger partial charge is 0.373 e. The summed E-state index contributed by atoms with van der Waals surface area (Å²) in [4.78, 5) is 9.94. The highest BCUT2D eigenvalue weighted by Crippen LogP contribution is 2.34. The van der Waals surface area contributed by atoms with Crippen LogP contribution in [-0.2, 0) is 6.42 Å². The quantitative estimate of drug-likeness (QED) is 0.784. The molecule has 0 fully saturated rings.